The van der Waals surface area contributed by atoms with Gasteiger partial charge in [-0.05, 0) is 30.7 Å². The molecule has 0 unspecified atom stereocenters. The first-order chi connectivity index (χ1) is 11.8. The maximum Gasteiger partial charge on any atom is 0.573 e. The van der Waals surface area contributed by atoms with Crippen molar-refractivity contribution in [2.45, 2.75) is 23.7 Å². The van der Waals surface area contributed by atoms with Crippen molar-refractivity contribution < 1.29 is 31.1 Å². The van der Waals surface area contributed by atoms with Crippen molar-refractivity contribution in [3.63, 3.8) is 0 Å². The summed E-state index contributed by atoms with van der Waals surface area (Å²) in [6.07, 6.45) is -3.85. The van der Waals surface area contributed by atoms with Gasteiger partial charge in [-0.1, -0.05) is 0 Å². The van der Waals surface area contributed by atoms with Crippen molar-refractivity contribution in [3.05, 3.63) is 24.3 Å². The zero-order valence-corrected chi connectivity index (χ0v) is 14.2. The van der Waals surface area contributed by atoms with Crippen molar-refractivity contribution in [1.29, 1.82) is 0 Å². The first-order valence-electron chi connectivity index (χ1n) is 7.93. The minimum Gasteiger partial charge on any atom is -0.406 e. The zero-order valence-electron chi connectivity index (χ0n) is 13.4. The van der Waals surface area contributed by atoms with Crippen LogP contribution in [0.2, 0.25) is 0 Å². The Bertz CT molecular complexity index is 680. The van der Waals surface area contributed by atoms with Gasteiger partial charge in [0, 0.05) is 38.8 Å². The fraction of sp³-hybridized carbons (Fsp3) is 0.600. The van der Waals surface area contributed by atoms with Crippen LogP contribution in [0.15, 0.2) is 29.2 Å². The molecule has 0 spiro atoms. The Kier molecular flexibility index (Phi) is 5.24. The van der Waals surface area contributed by atoms with Gasteiger partial charge >= 0.3 is 6.36 Å². The molecule has 2 aliphatic heterocycles. The third-order valence-electron chi connectivity index (χ3n) is 4.39. The Labute approximate surface area is 144 Å². The molecule has 0 aliphatic carbocycles. The van der Waals surface area contributed by atoms with E-state index >= 15 is 0 Å². The van der Waals surface area contributed by atoms with Crippen molar-refractivity contribution in [3.8, 4) is 5.75 Å². The molecule has 0 amide bonds. The third kappa shape index (κ3) is 4.43. The molecule has 0 saturated carbocycles. The van der Waals surface area contributed by atoms with E-state index in [2.05, 4.69) is 9.64 Å². The first kappa shape index (κ1) is 18.4. The summed E-state index contributed by atoms with van der Waals surface area (Å²) in [5.41, 5.74) is 0. The van der Waals surface area contributed by atoms with Crippen molar-refractivity contribution >= 4 is 10.0 Å². The van der Waals surface area contributed by atoms with Crippen molar-refractivity contribution in [1.82, 2.24) is 9.21 Å². The summed E-state index contributed by atoms with van der Waals surface area (Å²) >= 11 is 0. The molecular formula is C15H19F3N2O4S. The van der Waals surface area contributed by atoms with Gasteiger partial charge in [-0.15, -0.1) is 13.2 Å². The van der Waals surface area contributed by atoms with E-state index in [1.54, 1.807) is 0 Å². The van der Waals surface area contributed by atoms with Crippen LogP contribution in [0, 0.1) is 0 Å². The minimum atomic E-state index is -4.80. The molecule has 0 bridgehead atoms. The molecule has 25 heavy (non-hydrogen) atoms. The van der Waals surface area contributed by atoms with Gasteiger partial charge in [-0.25, -0.2) is 8.42 Å². The third-order valence-corrected chi connectivity index (χ3v) is 6.30. The molecule has 1 aromatic rings. The van der Waals surface area contributed by atoms with Gasteiger partial charge in [0.1, 0.15) is 5.75 Å². The number of piperazine rings is 1. The maximum absolute atomic E-state index is 12.6. The molecule has 2 aliphatic rings. The minimum absolute atomic E-state index is 0.0420. The summed E-state index contributed by atoms with van der Waals surface area (Å²) in [5.74, 6) is -0.447. The second-order valence-corrected chi connectivity index (χ2v) is 7.91. The number of halogens is 3. The largest absolute Gasteiger partial charge is 0.573 e. The Morgan fingerprint density at radius 2 is 1.72 bits per heavy atom. The molecule has 10 heteroatoms. The van der Waals surface area contributed by atoms with Gasteiger partial charge < -0.3 is 9.47 Å². The molecule has 2 fully saturated rings. The van der Waals surface area contributed by atoms with E-state index in [-0.39, 0.29) is 4.90 Å². The Hall–Kier alpha value is -1.36. The van der Waals surface area contributed by atoms with Crippen molar-refractivity contribution in [2.24, 2.45) is 0 Å². The van der Waals surface area contributed by atoms with Crippen LogP contribution in [0.5, 0.6) is 5.75 Å². The summed E-state index contributed by atoms with van der Waals surface area (Å²) < 4.78 is 72.2. The fourth-order valence-corrected chi connectivity index (χ4v) is 4.50. The predicted octanol–water partition coefficient (Wildman–Crippen LogP) is 1.68. The molecule has 0 aromatic heterocycles. The monoisotopic (exact) mass is 380 g/mol. The van der Waals surface area contributed by atoms with Crippen LogP contribution in [0.4, 0.5) is 13.2 Å². The summed E-state index contributed by atoms with van der Waals surface area (Å²) in [6.45, 7) is 3.33. The summed E-state index contributed by atoms with van der Waals surface area (Å²) in [5, 5.41) is 0. The number of sulfonamides is 1. The van der Waals surface area contributed by atoms with Gasteiger partial charge in [0.2, 0.25) is 10.0 Å². The average Bonchev–Trinajstić information content (AvgIpc) is 3.08. The highest BCUT2D eigenvalue weighted by molar-refractivity contribution is 7.89. The summed E-state index contributed by atoms with van der Waals surface area (Å²) in [4.78, 5) is 2.18. The molecule has 0 N–H and O–H groups in total. The molecule has 0 radical (unpaired) electrons. The number of alkyl halides is 3. The topological polar surface area (TPSA) is 59.1 Å². The van der Waals surface area contributed by atoms with Crippen LogP contribution in [-0.4, -0.2) is 69.4 Å². The fourth-order valence-electron chi connectivity index (χ4n) is 3.08. The predicted molar refractivity (Wildman–Crippen MR) is 82.7 cm³/mol. The smallest absolute Gasteiger partial charge is 0.406 e. The number of hydrogen-bond donors (Lipinski definition) is 0. The standard InChI is InChI=1S/C15H19F3N2O4S/c16-15(17,18)24-13-1-3-14(4-2-13)25(21,22)20-8-6-19(7-9-20)12-5-10-23-11-12/h1-4,12H,5-11H2/t12-/m1/s1. The van der Waals surface area contributed by atoms with E-state index in [0.717, 1.165) is 37.3 Å². The van der Waals surface area contributed by atoms with E-state index in [1.165, 1.54) is 4.31 Å². The normalized spacial score (nSPS) is 23.7. The van der Waals surface area contributed by atoms with E-state index in [9.17, 15) is 21.6 Å². The summed E-state index contributed by atoms with van der Waals surface area (Å²) in [7, 11) is -3.73. The number of ether oxygens (including phenoxy) is 2. The van der Waals surface area contributed by atoms with E-state index in [0.29, 0.717) is 38.8 Å². The average molecular weight is 380 g/mol. The number of hydrogen-bond acceptors (Lipinski definition) is 5. The molecule has 2 saturated heterocycles. The lowest BCUT2D eigenvalue weighted by Gasteiger charge is -2.36. The zero-order chi connectivity index (χ0) is 18.1. The van der Waals surface area contributed by atoms with Crippen LogP contribution in [0.1, 0.15) is 6.42 Å². The molecule has 1 aromatic carbocycles. The molecule has 3 rings (SSSR count). The van der Waals surface area contributed by atoms with Gasteiger partial charge in [0.05, 0.1) is 11.5 Å². The highest BCUT2D eigenvalue weighted by Crippen LogP contribution is 2.26. The molecule has 2 heterocycles. The van der Waals surface area contributed by atoms with Gasteiger partial charge in [-0.2, -0.15) is 4.31 Å². The number of benzene rings is 1. The quantitative estimate of drug-likeness (QED) is 0.796. The van der Waals surface area contributed by atoms with E-state index in [1.807, 2.05) is 0 Å². The second kappa shape index (κ2) is 7.10. The van der Waals surface area contributed by atoms with Crippen LogP contribution in [0.3, 0.4) is 0 Å². The second-order valence-electron chi connectivity index (χ2n) is 5.98. The highest BCUT2D eigenvalue weighted by atomic mass is 32.2. The SMILES string of the molecule is O=S(=O)(c1ccc(OC(F)(F)F)cc1)N1CCN([C@@H]2CCOC2)CC1. The van der Waals surface area contributed by atoms with Crippen LogP contribution < -0.4 is 4.74 Å². The van der Waals surface area contributed by atoms with Gasteiger partial charge in [0.15, 0.2) is 0 Å². The number of nitrogens with zero attached hydrogens (tertiary/aromatic N) is 2. The Morgan fingerprint density at radius 1 is 1.08 bits per heavy atom. The Balaban J connectivity index is 1.63. The lowest BCUT2D eigenvalue weighted by atomic mass is 10.2. The lowest BCUT2D eigenvalue weighted by Crippen LogP contribution is -2.52. The molecular weight excluding hydrogens is 361 g/mol. The van der Waals surface area contributed by atoms with Crippen LogP contribution in [-0.2, 0) is 14.8 Å². The lowest BCUT2D eigenvalue weighted by molar-refractivity contribution is -0.274. The molecule has 6 nitrogen and oxygen atoms in total. The van der Waals surface area contributed by atoms with Crippen LogP contribution in [0.25, 0.3) is 0 Å². The molecule has 1 atom stereocenters. The van der Waals surface area contributed by atoms with E-state index < -0.39 is 22.1 Å². The van der Waals surface area contributed by atoms with Gasteiger partial charge in [0.25, 0.3) is 0 Å². The van der Waals surface area contributed by atoms with Gasteiger partial charge in [-0.3, -0.25) is 4.90 Å². The number of rotatable bonds is 4. The summed E-state index contributed by atoms with van der Waals surface area (Å²) in [6, 6.07) is 4.61. The van der Waals surface area contributed by atoms with Crippen LogP contribution >= 0.6 is 0 Å². The Morgan fingerprint density at radius 3 is 2.24 bits per heavy atom. The molecule has 140 valence electrons. The van der Waals surface area contributed by atoms with E-state index in [4.69, 9.17) is 4.74 Å². The van der Waals surface area contributed by atoms with Crippen molar-refractivity contribution in [2.75, 3.05) is 39.4 Å². The maximum atomic E-state index is 12.6. The first-order valence-corrected chi connectivity index (χ1v) is 9.37. The highest BCUT2D eigenvalue weighted by Gasteiger charge is 2.33.